The summed E-state index contributed by atoms with van der Waals surface area (Å²) in [7, 11) is 0. The van der Waals surface area contributed by atoms with Gasteiger partial charge in [0.15, 0.2) is 0 Å². The van der Waals surface area contributed by atoms with E-state index in [1.54, 1.807) is 26.9 Å². The van der Waals surface area contributed by atoms with Crippen LogP contribution in [0, 0.1) is 11.8 Å². The summed E-state index contributed by atoms with van der Waals surface area (Å²) in [5, 5.41) is 11.6. The van der Waals surface area contributed by atoms with Crippen molar-refractivity contribution in [1.82, 2.24) is 4.90 Å². The molecule has 2 unspecified atom stereocenters. The van der Waals surface area contributed by atoms with E-state index < -0.39 is 29.6 Å². The van der Waals surface area contributed by atoms with Gasteiger partial charge < -0.3 is 24.5 Å². The maximum atomic E-state index is 14.8. The van der Waals surface area contributed by atoms with E-state index in [1.807, 2.05) is 72.8 Å². The number of carbonyl (C=O) groups excluding carboxylic acids is 3. The summed E-state index contributed by atoms with van der Waals surface area (Å²) in [5.41, 5.74) is 0.309. The Morgan fingerprint density at radius 3 is 2.30 bits per heavy atom. The zero-order valence-electron chi connectivity index (χ0n) is 24.9. The van der Waals surface area contributed by atoms with Crippen LogP contribution < -0.4 is 9.80 Å². The molecule has 44 heavy (non-hydrogen) atoms. The molecule has 8 nitrogen and oxygen atoms in total. The number of rotatable bonds is 12. The van der Waals surface area contributed by atoms with Crippen LogP contribution in [0.15, 0.2) is 98.1 Å². The van der Waals surface area contributed by atoms with E-state index in [0.717, 1.165) is 16.5 Å². The number of para-hydroxylation sites is 1. The van der Waals surface area contributed by atoms with Crippen LogP contribution in [0.25, 0.3) is 10.8 Å². The van der Waals surface area contributed by atoms with Gasteiger partial charge in [-0.1, -0.05) is 60.7 Å². The molecule has 0 radical (unpaired) electrons. The fourth-order valence-corrected chi connectivity index (χ4v) is 7.53. The first-order chi connectivity index (χ1) is 21.4. The van der Waals surface area contributed by atoms with Gasteiger partial charge in [-0.25, -0.2) is 0 Å². The summed E-state index contributed by atoms with van der Waals surface area (Å²) < 4.78 is 6.70. The molecular formula is C36H39N3O5. The first-order valence-corrected chi connectivity index (χ1v) is 15.4. The third-order valence-electron chi connectivity index (χ3n) is 9.39. The van der Waals surface area contributed by atoms with Crippen molar-refractivity contribution >= 4 is 39.9 Å². The smallest absolute Gasteiger partial charge is 0.253 e. The third-order valence-corrected chi connectivity index (χ3v) is 9.39. The number of fused-ring (bicyclic) bond motifs is 2. The van der Waals surface area contributed by atoms with E-state index in [4.69, 9.17) is 4.74 Å². The largest absolute Gasteiger partial charge is 0.396 e. The maximum Gasteiger partial charge on any atom is 0.253 e. The SMILES string of the molecule is C=CCN(C(=O)C1N(CCCCO)C(=O)[C@@H]2[C@@H](C(=O)N(CC=C)c3ccccc3)[C@H]3CCC12O3)c1ccc2ccccc2c1. The van der Waals surface area contributed by atoms with Crippen molar-refractivity contribution in [2.45, 2.75) is 43.4 Å². The molecule has 3 saturated heterocycles. The number of aliphatic hydroxyl groups excluding tert-OH is 1. The molecule has 3 heterocycles. The molecule has 6 rings (SSSR count). The number of carbonyl (C=O) groups is 3. The molecule has 3 aromatic rings. The molecule has 3 aliphatic rings. The molecule has 3 fully saturated rings. The van der Waals surface area contributed by atoms with Crippen LogP contribution in [0.2, 0.25) is 0 Å². The molecule has 5 atom stereocenters. The van der Waals surface area contributed by atoms with Gasteiger partial charge in [0, 0.05) is 37.6 Å². The Morgan fingerprint density at radius 1 is 0.909 bits per heavy atom. The highest BCUT2D eigenvalue weighted by Crippen LogP contribution is 2.59. The minimum Gasteiger partial charge on any atom is -0.396 e. The monoisotopic (exact) mass is 593 g/mol. The van der Waals surface area contributed by atoms with Crippen LogP contribution >= 0.6 is 0 Å². The van der Waals surface area contributed by atoms with Crippen LogP contribution in [0.5, 0.6) is 0 Å². The van der Waals surface area contributed by atoms with E-state index in [0.29, 0.717) is 31.4 Å². The summed E-state index contributed by atoms with van der Waals surface area (Å²) >= 11 is 0. The number of hydrogen-bond donors (Lipinski definition) is 1. The van der Waals surface area contributed by atoms with Crippen LogP contribution in [0.4, 0.5) is 11.4 Å². The second kappa shape index (κ2) is 12.4. The number of hydrogen-bond acceptors (Lipinski definition) is 5. The first-order valence-electron chi connectivity index (χ1n) is 15.4. The lowest BCUT2D eigenvalue weighted by Crippen LogP contribution is -2.56. The van der Waals surface area contributed by atoms with Crippen LogP contribution in [-0.4, -0.2) is 71.7 Å². The van der Waals surface area contributed by atoms with E-state index in [1.165, 1.54) is 0 Å². The number of amides is 3. The van der Waals surface area contributed by atoms with Crippen LogP contribution in [0.1, 0.15) is 25.7 Å². The number of unbranched alkanes of at least 4 members (excludes halogenated alkanes) is 1. The second-order valence-corrected chi connectivity index (χ2v) is 11.9. The molecule has 3 aliphatic heterocycles. The molecule has 2 bridgehead atoms. The standard InChI is InChI=1S/C36H39N3O5/c1-3-20-37(27-14-6-5-7-15-27)33(41)30-29-18-19-36(44-29)31(30)34(42)39(22-10-11-23-40)32(36)35(43)38(21-4-2)28-17-16-25-12-8-9-13-26(25)24-28/h3-9,12-17,24,29-32,40H,1-2,10-11,18-23H2/t29-,30+,31+,32?,36?/m1/s1. The Morgan fingerprint density at radius 2 is 1.59 bits per heavy atom. The number of anilines is 2. The predicted molar refractivity (Wildman–Crippen MR) is 171 cm³/mol. The molecule has 0 aromatic heterocycles. The van der Waals surface area contributed by atoms with Crippen LogP contribution in [0.3, 0.4) is 0 Å². The van der Waals surface area contributed by atoms with E-state index in [-0.39, 0.29) is 44.0 Å². The summed E-state index contributed by atoms with van der Waals surface area (Å²) in [5.74, 6) is -2.18. The van der Waals surface area contributed by atoms with Crippen molar-refractivity contribution in [3.8, 4) is 0 Å². The maximum absolute atomic E-state index is 14.8. The lowest BCUT2D eigenvalue weighted by atomic mass is 9.70. The lowest BCUT2D eigenvalue weighted by molar-refractivity contribution is -0.140. The molecule has 1 spiro atoms. The molecule has 228 valence electrons. The molecule has 3 aromatic carbocycles. The molecule has 8 heteroatoms. The normalized spacial score (nSPS) is 25.2. The zero-order chi connectivity index (χ0) is 30.8. The molecule has 3 amide bonds. The van der Waals surface area contributed by atoms with Gasteiger partial charge in [-0.3, -0.25) is 14.4 Å². The number of likely N-dealkylation sites (tertiary alicyclic amines) is 1. The molecule has 1 N–H and O–H groups in total. The van der Waals surface area contributed by atoms with Gasteiger partial charge in [-0.05, 0) is 60.7 Å². The number of ether oxygens (including phenoxy) is 1. The van der Waals surface area contributed by atoms with Crippen LogP contribution in [-0.2, 0) is 19.1 Å². The number of aliphatic hydroxyl groups is 1. The average Bonchev–Trinajstić information content (AvgIpc) is 3.69. The third kappa shape index (κ3) is 4.92. The Hall–Kier alpha value is -4.27. The first kappa shape index (κ1) is 29.8. The van der Waals surface area contributed by atoms with E-state index in [2.05, 4.69) is 13.2 Å². The Kier molecular flexibility index (Phi) is 8.38. The topological polar surface area (TPSA) is 90.4 Å². The quantitative estimate of drug-likeness (QED) is 0.242. The number of benzene rings is 3. The van der Waals surface area contributed by atoms with Gasteiger partial charge >= 0.3 is 0 Å². The Labute approximate surface area is 258 Å². The minimum atomic E-state index is -1.12. The highest BCUT2D eigenvalue weighted by Gasteiger charge is 2.74. The van der Waals surface area contributed by atoms with Crippen molar-refractivity contribution in [1.29, 1.82) is 0 Å². The second-order valence-electron chi connectivity index (χ2n) is 11.9. The highest BCUT2D eigenvalue weighted by molar-refractivity contribution is 6.07. The molecular weight excluding hydrogens is 554 g/mol. The fraction of sp³-hybridized carbons (Fsp3) is 0.361. The fourth-order valence-electron chi connectivity index (χ4n) is 7.53. The summed E-state index contributed by atoms with van der Waals surface area (Å²) in [6, 6.07) is 22.3. The number of nitrogens with zero attached hydrogens (tertiary/aromatic N) is 3. The van der Waals surface area contributed by atoms with Crippen molar-refractivity contribution in [3.63, 3.8) is 0 Å². The van der Waals surface area contributed by atoms with Gasteiger partial charge in [-0.15, -0.1) is 13.2 Å². The highest BCUT2D eigenvalue weighted by atomic mass is 16.5. The zero-order valence-corrected chi connectivity index (χ0v) is 24.9. The van der Waals surface area contributed by atoms with Gasteiger partial charge in [0.25, 0.3) is 5.91 Å². The lowest BCUT2D eigenvalue weighted by Gasteiger charge is -2.37. The van der Waals surface area contributed by atoms with Gasteiger partial charge in [-0.2, -0.15) is 0 Å². The van der Waals surface area contributed by atoms with Gasteiger partial charge in [0.2, 0.25) is 11.8 Å². The summed E-state index contributed by atoms with van der Waals surface area (Å²) in [6.45, 7) is 8.59. The Balaban J connectivity index is 1.39. The van der Waals surface area contributed by atoms with Crippen molar-refractivity contribution < 1.29 is 24.2 Å². The molecule has 0 aliphatic carbocycles. The van der Waals surface area contributed by atoms with Crippen molar-refractivity contribution in [2.24, 2.45) is 11.8 Å². The summed E-state index contributed by atoms with van der Waals surface area (Å²) in [4.78, 5) is 48.5. The van der Waals surface area contributed by atoms with Crippen molar-refractivity contribution in [3.05, 3.63) is 98.1 Å². The molecule has 0 saturated carbocycles. The van der Waals surface area contributed by atoms with E-state index >= 15 is 0 Å². The average molecular weight is 594 g/mol. The van der Waals surface area contributed by atoms with Crippen molar-refractivity contribution in [2.75, 3.05) is 36.0 Å². The predicted octanol–water partition coefficient (Wildman–Crippen LogP) is 4.73. The van der Waals surface area contributed by atoms with Gasteiger partial charge in [0.05, 0.1) is 17.9 Å². The Bertz CT molecular complexity index is 1570. The minimum absolute atomic E-state index is 0.0117. The van der Waals surface area contributed by atoms with Gasteiger partial charge in [0.1, 0.15) is 11.6 Å². The summed E-state index contributed by atoms with van der Waals surface area (Å²) in [6.07, 6.45) is 5.02. The van der Waals surface area contributed by atoms with E-state index in [9.17, 15) is 19.5 Å².